The molecular formula is C19H17N5O3S. The lowest BCUT2D eigenvalue weighted by molar-refractivity contribution is 0.181. The number of nitrogens with one attached hydrogen (secondary N) is 1. The Morgan fingerprint density at radius 2 is 2.21 bits per heavy atom. The molecule has 1 saturated heterocycles. The monoisotopic (exact) mass is 395 g/mol. The molecule has 0 bridgehead atoms. The Morgan fingerprint density at radius 3 is 3.04 bits per heavy atom. The molecule has 2 aromatic heterocycles. The Kier molecular flexibility index (Phi) is 4.09. The summed E-state index contributed by atoms with van der Waals surface area (Å²) in [5, 5.41) is 3.89. The zero-order valence-electron chi connectivity index (χ0n) is 15.1. The Balaban J connectivity index is 1.48. The van der Waals surface area contributed by atoms with Gasteiger partial charge in [0, 0.05) is 18.0 Å². The zero-order valence-corrected chi connectivity index (χ0v) is 16.0. The van der Waals surface area contributed by atoms with Crippen molar-refractivity contribution in [1.29, 1.82) is 0 Å². The lowest BCUT2D eigenvalue weighted by Gasteiger charge is -2.15. The van der Waals surface area contributed by atoms with Crippen molar-refractivity contribution >= 4 is 34.2 Å². The van der Waals surface area contributed by atoms with E-state index in [0.29, 0.717) is 24.2 Å². The first-order valence-electron chi connectivity index (χ1n) is 8.92. The number of rotatable bonds is 4. The third-order valence-electron chi connectivity index (χ3n) is 4.71. The van der Waals surface area contributed by atoms with Gasteiger partial charge in [0.25, 0.3) is 0 Å². The van der Waals surface area contributed by atoms with Gasteiger partial charge in [-0.3, -0.25) is 0 Å². The molecule has 3 heterocycles. The molecule has 142 valence electrons. The quantitative estimate of drug-likeness (QED) is 0.724. The van der Waals surface area contributed by atoms with Crippen molar-refractivity contribution in [1.82, 2.24) is 15.0 Å². The predicted octanol–water partition coefficient (Wildman–Crippen LogP) is 3.41. The van der Waals surface area contributed by atoms with Gasteiger partial charge in [-0.2, -0.15) is 0 Å². The molecule has 2 aliphatic rings. The molecule has 0 saturated carbocycles. The number of nitrogens with zero attached hydrogens (tertiary/aromatic N) is 4. The summed E-state index contributed by atoms with van der Waals surface area (Å²) in [5.74, 6) is 1.27. The molecule has 0 spiro atoms. The number of hydrogen-bond donors (Lipinski definition) is 1. The van der Waals surface area contributed by atoms with Crippen molar-refractivity contribution in [3.63, 3.8) is 0 Å². The molecule has 0 radical (unpaired) electrons. The molecule has 1 aliphatic carbocycles. The van der Waals surface area contributed by atoms with Gasteiger partial charge in [-0.1, -0.05) is 17.4 Å². The molecule has 0 unspecified atom stereocenters. The summed E-state index contributed by atoms with van der Waals surface area (Å²) in [5.41, 5.74) is 3.78. The Labute approximate surface area is 165 Å². The second-order valence-electron chi connectivity index (χ2n) is 6.46. The highest BCUT2D eigenvalue weighted by Gasteiger charge is 2.30. The van der Waals surface area contributed by atoms with Crippen molar-refractivity contribution in [2.75, 3.05) is 30.5 Å². The Morgan fingerprint density at radius 1 is 1.29 bits per heavy atom. The van der Waals surface area contributed by atoms with Crippen LogP contribution in [-0.2, 0) is 17.6 Å². The molecule has 1 aromatic carbocycles. The van der Waals surface area contributed by atoms with E-state index < -0.39 is 0 Å². The Bertz CT molecular complexity index is 1070. The number of carbonyl (C=O) groups excluding carboxylic acids is 1. The number of anilines is 3. The first kappa shape index (κ1) is 16.9. The van der Waals surface area contributed by atoms with Crippen molar-refractivity contribution < 1.29 is 14.3 Å². The maximum absolute atomic E-state index is 11.9. The molecule has 0 atom stereocenters. The van der Waals surface area contributed by atoms with Crippen LogP contribution in [0.5, 0.6) is 5.75 Å². The second-order valence-corrected chi connectivity index (χ2v) is 7.44. The van der Waals surface area contributed by atoms with Crippen molar-refractivity contribution in [2.45, 2.75) is 12.8 Å². The highest BCUT2D eigenvalue weighted by Crippen LogP contribution is 2.40. The largest absolute Gasteiger partial charge is 0.497 e. The average Bonchev–Trinajstić information content (AvgIpc) is 3.34. The fourth-order valence-electron chi connectivity index (χ4n) is 3.31. The standard InChI is InChI=1S/C19H17N5O3S/c1-26-13-4-2-3-12(9-13)21-17-20-10-11-5-6-14-16(15(11)23-17)28-18(22-14)24-7-8-27-19(24)25/h2-4,9-10H,5-8H2,1H3,(H,20,21,23). The lowest BCUT2D eigenvalue weighted by Crippen LogP contribution is -2.23. The minimum atomic E-state index is -0.339. The summed E-state index contributed by atoms with van der Waals surface area (Å²) < 4.78 is 10.3. The van der Waals surface area contributed by atoms with E-state index in [4.69, 9.17) is 14.5 Å². The van der Waals surface area contributed by atoms with E-state index in [1.54, 1.807) is 12.0 Å². The number of ether oxygens (including phenoxy) is 2. The molecular weight excluding hydrogens is 378 g/mol. The zero-order chi connectivity index (χ0) is 19.1. The molecule has 9 heteroatoms. The van der Waals surface area contributed by atoms with Crippen LogP contribution in [0.3, 0.4) is 0 Å². The van der Waals surface area contributed by atoms with Gasteiger partial charge in [0.15, 0.2) is 5.13 Å². The second kappa shape index (κ2) is 6.75. The summed E-state index contributed by atoms with van der Waals surface area (Å²) in [7, 11) is 1.63. The average molecular weight is 395 g/mol. The summed E-state index contributed by atoms with van der Waals surface area (Å²) in [6.07, 6.45) is 3.16. The van der Waals surface area contributed by atoms with E-state index in [-0.39, 0.29) is 6.09 Å². The molecule has 1 aliphatic heterocycles. The molecule has 1 amide bonds. The first-order chi connectivity index (χ1) is 13.7. The maximum Gasteiger partial charge on any atom is 0.416 e. The van der Waals surface area contributed by atoms with E-state index in [1.165, 1.54) is 11.3 Å². The number of fused-ring (bicyclic) bond motifs is 3. The van der Waals surface area contributed by atoms with Crippen molar-refractivity contribution in [3.05, 3.63) is 41.7 Å². The van der Waals surface area contributed by atoms with E-state index in [0.717, 1.165) is 46.1 Å². The SMILES string of the molecule is COc1cccc(Nc2ncc3c(n2)-c2sc(N4CCOC4=O)nc2CC3)c1. The lowest BCUT2D eigenvalue weighted by atomic mass is 10.00. The van der Waals surface area contributed by atoms with Gasteiger partial charge < -0.3 is 14.8 Å². The van der Waals surface area contributed by atoms with Crippen LogP contribution in [0.1, 0.15) is 11.3 Å². The first-order valence-corrected chi connectivity index (χ1v) is 9.74. The van der Waals surface area contributed by atoms with E-state index >= 15 is 0 Å². The molecule has 8 nitrogen and oxygen atoms in total. The molecule has 5 rings (SSSR count). The number of benzene rings is 1. The minimum Gasteiger partial charge on any atom is -0.497 e. The molecule has 1 fully saturated rings. The number of carbonyl (C=O) groups is 1. The highest BCUT2D eigenvalue weighted by molar-refractivity contribution is 7.19. The van der Waals surface area contributed by atoms with Gasteiger partial charge in [-0.15, -0.1) is 0 Å². The van der Waals surface area contributed by atoms with Crippen LogP contribution in [0, 0.1) is 0 Å². The predicted molar refractivity (Wildman–Crippen MR) is 106 cm³/mol. The van der Waals surface area contributed by atoms with Gasteiger partial charge in [0.1, 0.15) is 12.4 Å². The summed E-state index contributed by atoms with van der Waals surface area (Å²) in [6, 6.07) is 7.61. The van der Waals surface area contributed by atoms with Crippen molar-refractivity contribution in [3.8, 4) is 16.3 Å². The number of hydrogen-bond acceptors (Lipinski definition) is 8. The van der Waals surface area contributed by atoms with Crippen LogP contribution in [0.25, 0.3) is 10.6 Å². The highest BCUT2D eigenvalue weighted by atomic mass is 32.1. The summed E-state index contributed by atoms with van der Waals surface area (Å²) >= 11 is 1.48. The normalized spacial score (nSPS) is 15.0. The topological polar surface area (TPSA) is 89.5 Å². The molecule has 1 N–H and O–H groups in total. The Hall–Kier alpha value is -3.20. The van der Waals surface area contributed by atoms with Crippen molar-refractivity contribution in [2.24, 2.45) is 0 Å². The minimum absolute atomic E-state index is 0.339. The number of aromatic nitrogens is 3. The summed E-state index contributed by atoms with van der Waals surface area (Å²) in [6.45, 7) is 0.931. The number of amides is 1. The van der Waals surface area contributed by atoms with Crippen LogP contribution in [0.15, 0.2) is 30.5 Å². The van der Waals surface area contributed by atoms with Gasteiger partial charge >= 0.3 is 6.09 Å². The van der Waals surface area contributed by atoms with E-state index in [1.807, 2.05) is 30.5 Å². The van der Waals surface area contributed by atoms with E-state index in [2.05, 4.69) is 15.3 Å². The molecule has 3 aromatic rings. The van der Waals surface area contributed by atoms with Gasteiger partial charge in [-0.05, 0) is 30.5 Å². The number of methoxy groups -OCH3 is 1. The smallest absolute Gasteiger partial charge is 0.416 e. The summed E-state index contributed by atoms with van der Waals surface area (Å²) in [4.78, 5) is 28.3. The van der Waals surface area contributed by atoms with Crippen LogP contribution in [-0.4, -0.2) is 41.3 Å². The third kappa shape index (κ3) is 2.93. The van der Waals surface area contributed by atoms with E-state index in [9.17, 15) is 4.79 Å². The van der Waals surface area contributed by atoms with Crippen LogP contribution >= 0.6 is 11.3 Å². The van der Waals surface area contributed by atoms with Crippen LogP contribution in [0.2, 0.25) is 0 Å². The number of thiazole rings is 1. The fourth-order valence-corrected chi connectivity index (χ4v) is 4.46. The van der Waals surface area contributed by atoms with Gasteiger partial charge in [-0.25, -0.2) is 24.6 Å². The van der Waals surface area contributed by atoms with Crippen LogP contribution < -0.4 is 15.0 Å². The van der Waals surface area contributed by atoms with Crippen LogP contribution in [0.4, 0.5) is 21.6 Å². The molecule has 28 heavy (non-hydrogen) atoms. The number of cyclic esters (lactones) is 1. The maximum atomic E-state index is 11.9. The van der Waals surface area contributed by atoms with Gasteiger partial charge in [0.05, 0.1) is 29.9 Å². The number of aryl methyl sites for hydroxylation is 2. The fraction of sp³-hybridized carbons (Fsp3) is 0.263. The third-order valence-corrected chi connectivity index (χ3v) is 5.84. The van der Waals surface area contributed by atoms with Gasteiger partial charge in [0.2, 0.25) is 5.95 Å².